The van der Waals surface area contributed by atoms with Crippen molar-refractivity contribution in [2.45, 2.75) is 38.6 Å². The Morgan fingerprint density at radius 3 is 2.89 bits per heavy atom. The molecule has 0 heterocycles. The highest BCUT2D eigenvalue weighted by atomic mass is 35.5. The zero-order valence-electron chi connectivity index (χ0n) is 10.4. The van der Waals surface area contributed by atoms with E-state index in [9.17, 15) is 9.90 Å². The zero-order chi connectivity index (χ0) is 13.1. The number of anilines is 1. The third-order valence-electron chi connectivity index (χ3n) is 3.51. The van der Waals surface area contributed by atoms with Gasteiger partial charge in [0.1, 0.15) is 0 Å². The van der Waals surface area contributed by atoms with Gasteiger partial charge in [0.15, 0.2) is 0 Å². The minimum Gasteiger partial charge on any atom is -0.478 e. The Morgan fingerprint density at radius 1 is 1.44 bits per heavy atom. The second-order valence-corrected chi connectivity index (χ2v) is 5.54. The summed E-state index contributed by atoms with van der Waals surface area (Å²) in [4.78, 5) is 11.2. The van der Waals surface area contributed by atoms with Crippen molar-refractivity contribution in [3.8, 4) is 0 Å². The van der Waals surface area contributed by atoms with Gasteiger partial charge in [-0.1, -0.05) is 31.4 Å². The van der Waals surface area contributed by atoms with E-state index in [1.54, 1.807) is 12.1 Å². The minimum atomic E-state index is -0.941. The van der Waals surface area contributed by atoms with Crippen LogP contribution in [0.4, 0.5) is 5.69 Å². The summed E-state index contributed by atoms with van der Waals surface area (Å²) in [7, 11) is 0. The molecule has 0 amide bonds. The molecule has 18 heavy (non-hydrogen) atoms. The summed E-state index contributed by atoms with van der Waals surface area (Å²) in [6.07, 6.45) is 4.67. The van der Waals surface area contributed by atoms with Crippen molar-refractivity contribution in [3.05, 3.63) is 28.8 Å². The van der Waals surface area contributed by atoms with Crippen LogP contribution in [-0.2, 0) is 0 Å². The van der Waals surface area contributed by atoms with Crippen molar-refractivity contribution >= 4 is 23.3 Å². The first-order chi connectivity index (χ1) is 8.56. The van der Waals surface area contributed by atoms with Crippen molar-refractivity contribution in [1.29, 1.82) is 0 Å². The quantitative estimate of drug-likeness (QED) is 0.869. The van der Waals surface area contributed by atoms with Gasteiger partial charge in [0, 0.05) is 16.8 Å². The van der Waals surface area contributed by atoms with E-state index in [0.29, 0.717) is 22.7 Å². The molecule has 1 aliphatic rings. The molecule has 1 saturated carbocycles. The Hall–Kier alpha value is -1.22. The third-order valence-corrected chi connectivity index (χ3v) is 3.74. The van der Waals surface area contributed by atoms with Gasteiger partial charge < -0.3 is 10.4 Å². The molecule has 3 nitrogen and oxygen atoms in total. The third kappa shape index (κ3) is 3.16. The molecule has 0 aliphatic heterocycles. The molecule has 0 radical (unpaired) electrons. The predicted molar refractivity (Wildman–Crippen MR) is 73.5 cm³/mol. The standard InChI is InChI=1S/C14H18ClNO2/c1-9-3-2-4-11(7-9)16-13-6-5-10(15)8-12(13)14(17)18/h5-6,8-9,11,16H,2-4,7H2,1H3,(H,17,18). The van der Waals surface area contributed by atoms with Crippen LogP contribution in [0.2, 0.25) is 5.02 Å². The van der Waals surface area contributed by atoms with E-state index in [4.69, 9.17) is 11.6 Å². The minimum absolute atomic E-state index is 0.251. The summed E-state index contributed by atoms with van der Waals surface area (Å²) in [5.41, 5.74) is 0.923. The van der Waals surface area contributed by atoms with E-state index in [1.807, 2.05) is 0 Å². The molecule has 4 heteroatoms. The summed E-state index contributed by atoms with van der Waals surface area (Å²) in [6.45, 7) is 2.24. The van der Waals surface area contributed by atoms with Crippen molar-refractivity contribution in [3.63, 3.8) is 0 Å². The number of halogens is 1. The van der Waals surface area contributed by atoms with Crippen molar-refractivity contribution in [2.75, 3.05) is 5.32 Å². The number of hydrogen-bond acceptors (Lipinski definition) is 2. The highest BCUT2D eigenvalue weighted by Crippen LogP contribution is 2.28. The van der Waals surface area contributed by atoms with Gasteiger partial charge in [-0.25, -0.2) is 4.79 Å². The fourth-order valence-electron chi connectivity index (χ4n) is 2.60. The van der Waals surface area contributed by atoms with Crippen LogP contribution in [0.3, 0.4) is 0 Å². The van der Waals surface area contributed by atoms with E-state index in [2.05, 4.69) is 12.2 Å². The molecule has 0 spiro atoms. The molecule has 2 atom stereocenters. The molecule has 1 aromatic rings. The summed E-state index contributed by atoms with van der Waals surface area (Å²) >= 11 is 5.84. The van der Waals surface area contributed by atoms with E-state index in [1.165, 1.54) is 18.9 Å². The van der Waals surface area contributed by atoms with E-state index >= 15 is 0 Å². The highest BCUT2D eigenvalue weighted by Gasteiger charge is 2.20. The SMILES string of the molecule is CC1CCCC(Nc2ccc(Cl)cc2C(=O)O)C1. The number of carboxylic acids is 1. The Balaban J connectivity index is 2.15. The summed E-state index contributed by atoms with van der Waals surface area (Å²) in [5.74, 6) is -0.235. The molecule has 2 N–H and O–H groups in total. The van der Waals surface area contributed by atoms with Gasteiger partial charge in [0.25, 0.3) is 0 Å². The van der Waals surface area contributed by atoms with E-state index < -0.39 is 5.97 Å². The molecule has 2 unspecified atom stereocenters. The number of nitrogens with one attached hydrogen (secondary N) is 1. The Labute approximate surface area is 112 Å². The molecule has 1 fully saturated rings. The number of benzene rings is 1. The second kappa shape index (κ2) is 5.61. The van der Waals surface area contributed by atoms with Crippen LogP contribution in [0.5, 0.6) is 0 Å². The number of aromatic carboxylic acids is 1. The normalized spacial score (nSPS) is 23.7. The monoisotopic (exact) mass is 267 g/mol. The van der Waals surface area contributed by atoms with Crippen LogP contribution in [0.25, 0.3) is 0 Å². The summed E-state index contributed by atoms with van der Waals surface area (Å²) < 4.78 is 0. The summed E-state index contributed by atoms with van der Waals surface area (Å²) in [6, 6.07) is 5.35. The lowest BCUT2D eigenvalue weighted by molar-refractivity contribution is 0.0698. The maximum absolute atomic E-state index is 11.2. The predicted octanol–water partition coefficient (Wildman–Crippen LogP) is 4.03. The Kier molecular flexibility index (Phi) is 4.12. The zero-order valence-corrected chi connectivity index (χ0v) is 11.2. The van der Waals surface area contributed by atoms with E-state index in [0.717, 1.165) is 12.8 Å². The van der Waals surface area contributed by atoms with Crippen molar-refractivity contribution < 1.29 is 9.90 Å². The smallest absolute Gasteiger partial charge is 0.337 e. The number of carbonyl (C=O) groups is 1. The molecular weight excluding hydrogens is 250 g/mol. The van der Waals surface area contributed by atoms with Gasteiger partial charge >= 0.3 is 5.97 Å². The van der Waals surface area contributed by atoms with Crippen LogP contribution < -0.4 is 5.32 Å². The van der Waals surface area contributed by atoms with Gasteiger partial charge in [0.2, 0.25) is 0 Å². The van der Waals surface area contributed by atoms with Crippen LogP contribution in [0.15, 0.2) is 18.2 Å². The summed E-state index contributed by atoms with van der Waals surface area (Å²) in [5, 5.41) is 13.0. The van der Waals surface area contributed by atoms with Gasteiger partial charge in [-0.2, -0.15) is 0 Å². The van der Waals surface area contributed by atoms with Gasteiger partial charge in [-0.05, 0) is 37.0 Å². The molecule has 0 bridgehead atoms. The van der Waals surface area contributed by atoms with Gasteiger partial charge in [-0.3, -0.25) is 0 Å². The lowest BCUT2D eigenvalue weighted by atomic mass is 9.87. The Morgan fingerprint density at radius 2 is 2.22 bits per heavy atom. The highest BCUT2D eigenvalue weighted by molar-refractivity contribution is 6.31. The van der Waals surface area contributed by atoms with Crippen molar-refractivity contribution in [1.82, 2.24) is 0 Å². The lowest BCUT2D eigenvalue weighted by Crippen LogP contribution is -2.27. The fourth-order valence-corrected chi connectivity index (χ4v) is 2.78. The number of rotatable bonds is 3. The second-order valence-electron chi connectivity index (χ2n) is 5.11. The number of hydrogen-bond donors (Lipinski definition) is 2. The number of carboxylic acid groups (broad SMARTS) is 1. The maximum atomic E-state index is 11.2. The van der Waals surface area contributed by atoms with Crippen LogP contribution >= 0.6 is 11.6 Å². The first-order valence-corrected chi connectivity index (χ1v) is 6.73. The maximum Gasteiger partial charge on any atom is 0.337 e. The largest absolute Gasteiger partial charge is 0.478 e. The fraction of sp³-hybridized carbons (Fsp3) is 0.500. The topological polar surface area (TPSA) is 49.3 Å². The van der Waals surface area contributed by atoms with Crippen LogP contribution in [-0.4, -0.2) is 17.1 Å². The molecule has 0 aromatic heterocycles. The first-order valence-electron chi connectivity index (χ1n) is 6.35. The average molecular weight is 268 g/mol. The van der Waals surface area contributed by atoms with Gasteiger partial charge in [-0.15, -0.1) is 0 Å². The van der Waals surface area contributed by atoms with Crippen LogP contribution in [0.1, 0.15) is 43.0 Å². The molecule has 0 saturated heterocycles. The van der Waals surface area contributed by atoms with Gasteiger partial charge in [0.05, 0.1) is 5.56 Å². The lowest BCUT2D eigenvalue weighted by Gasteiger charge is -2.28. The molecule has 98 valence electrons. The molecule has 1 aliphatic carbocycles. The molecule has 2 rings (SSSR count). The molecule has 1 aromatic carbocycles. The van der Waals surface area contributed by atoms with Crippen LogP contribution in [0, 0.1) is 5.92 Å². The van der Waals surface area contributed by atoms with Crippen molar-refractivity contribution in [2.24, 2.45) is 5.92 Å². The average Bonchev–Trinajstić information content (AvgIpc) is 2.31. The molecular formula is C14H18ClNO2. The Bertz CT molecular complexity index is 447. The first kappa shape index (κ1) is 13.2. The van der Waals surface area contributed by atoms with E-state index in [-0.39, 0.29) is 5.56 Å².